The van der Waals surface area contributed by atoms with E-state index in [9.17, 15) is 14.4 Å². The minimum absolute atomic E-state index is 0.170. The maximum Gasteiger partial charge on any atom is 0.358 e. The highest BCUT2D eigenvalue weighted by atomic mass is 32.1. The van der Waals surface area contributed by atoms with Crippen molar-refractivity contribution in [3.05, 3.63) is 52.9 Å². The van der Waals surface area contributed by atoms with Gasteiger partial charge in [-0.1, -0.05) is 12.1 Å². The van der Waals surface area contributed by atoms with E-state index in [4.69, 9.17) is 4.74 Å². The zero-order valence-electron chi connectivity index (χ0n) is 14.2. The highest BCUT2D eigenvalue weighted by Gasteiger charge is 2.15. The summed E-state index contributed by atoms with van der Waals surface area (Å²) in [7, 11) is 0. The summed E-state index contributed by atoms with van der Waals surface area (Å²) < 4.78 is 5.01. The van der Waals surface area contributed by atoms with E-state index in [0.717, 1.165) is 9.88 Å². The number of carbonyl (C=O) groups is 3. The lowest BCUT2D eigenvalue weighted by Gasteiger charge is -2.08. The molecular weight excluding hydrogens is 386 g/mol. The SMILES string of the molecule is CC(=O)Nc1cccc(NC(=O)COC(=O)c2csc(-c3cccs3)n2)c1. The van der Waals surface area contributed by atoms with Gasteiger partial charge in [0, 0.05) is 23.7 Å². The van der Waals surface area contributed by atoms with Crippen molar-refractivity contribution in [2.45, 2.75) is 6.92 Å². The third kappa shape index (κ3) is 5.22. The van der Waals surface area contributed by atoms with Crippen LogP contribution >= 0.6 is 22.7 Å². The first-order chi connectivity index (χ1) is 13.0. The molecule has 2 aromatic heterocycles. The van der Waals surface area contributed by atoms with E-state index in [2.05, 4.69) is 15.6 Å². The van der Waals surface area contributed by atoms with Crippen LogP contribution in [-0.4, -0.2) is 29.4 Å². The van der Waals surface area contributed by atoms with Gasteiger partial charge in [0.05, 0.1) is 4.88 Å². The molecule has 138 valence electrons. The number of hydrogen-bond acceptors (Lipinski definition) is 7. The normalized spacial score (nSPS) is 10.3. The van der Waals surface area contributed by atoms with Crippen LogP contribution in [0.2, 0.25) is 0 Å². The van der Waals surface area contributed by atoms with Crippen LogP contribution in [0.15, 0.2) is 47.2 Å². The summed E-state index contributed by atoms with van der Waals surface area (Å²) in [4.78, 5) is 40.3. The molecule has 0 saturated carbocycles. The molecular formula is C18H15N3O4S2. The van der Waals surface area contributed by atoms with Crippen LogP contribution in [0.25, 0.3) is 9.88 Å². The van der Waals surface area contributed by atoms with E-state index in [1.807, 2.05) is 17.5 Å². The number of nitrogens with one attached hydrogen (secondary N) is 2. The quantitative estimate of drug-likeness (QED) is 0.615. The van der Waals surface area contributed by atoms with Crippen LogP contribution in [0.1, 0.15) is 17.4 Å². The Labute approximate surface area is 163 Å². The number of thiophene rings is 1. The first kappa shape index (κ1) is 18.7. The van der Waals surface area contributed by atoms with Gasteiger partial charge < -0.3 is 15.4 Å². The molecule has 0 fully saturated rings. The fourth-order valence-corrected chi connectivity index (χ4v) is 3.76. The lowest BCUT2D eigenvalue weighted by Crippen LogP contribution is -2.21. The summed E-state index contributed by atoms with van der Waals surface area (Å²) in [6.07, 6.45) is 0. The fourth-order valence-electron chi connectivity index (χ4n) is 2.16. The first-order valence-corrected chi connectivity index (χ1v) is 9.61. The van der Waals surface area contributed by atoms with Gasteiger partial charge in [0.15, 0.2) is 12.3 Å². The van der Waals surface area contributed by atoms with Gasteiger partial charge in [-0.05, 0) is 29.6 Å². The zero-order chi connectivity index (χ0) is 19.2. The molecule has 0 bridgehead atoms. The second-order valence-electron chi connectivity index (χ2n) is 5.40. The maximum atomic E-state index is 12.1. The minimum Gasteiger partial charge on any atom is -0.451 e. The van der Waals surface area contributed by atoms with Crippen molar-refractivity contribution in [1.82, 2.24) is 4.98 Å². The van der Waals surface area contributed by atoms with E-state index in [1.165, 1.54) is 29.6 Å². The number of thiazole rings is 1. The van der Waals surface area contributed by atoms with Gasteiger partial charge >= 0.3 is 5.97 Å². The van der Waals surface area contributed by atoms with E-state index < -0.39 is 18.5 Å². The number of amides is 2. The Morgan fingerprint density at radius 2 is 1.85 bits per heavy atom. The first-order valence-electron chi connectivity index (χ1n) is 7.85. The molecule has 0 aliphatic carbocycles. The van der Waals surface area contributed by atoms with Crippen LogP contribution in [0, 0.1) is 0 Å². The molecule has 0 aliphatic heterocycles. The number of hydrogen-bond donors (Lipinski definition) is 2. The van der Waals surface area contributed by atoms with Crippen LogP contribution in [0.5, 0.6) is 0 Å². The third-order valence-corrected chi connectivity index (χ3v) is 5.13. The summed E-state index contributed by atoms with van der Waals surface area (Å²) in [5, 5.41) is 9.49. The van der Waals surface area contributed by atoms with Crippen molar-refractivity contribution in [2.24, 2.45) is 0 Å². The topological polar surface area (TPSA) is 97.4 Å². The number of nitrogens with zero attached hydrogens (tertiary/aromatic N) is 1. The van der Waals surface area contributed by atoms with Gasteiger partial charge in [-0.15, -0.1) is 22.7 Å². The van der Waals surface area contributed by atoms with E-state index in [-0.39, 0.29) is 11.6 Å². The molecule has 27 heavy (non-hydrogen) atoms. The number of esters is 1. The number of anilines is 2. The van der Waals surface area contributed by atoms with Crippen LogP contribution in [-0.2, 0) is 14.3 Å². The predicted octanol–water partition coefficient (Wildman–Crippen LogP) is 3.63. The fraction of sp³-hybridized carbons (Fsp3) is 0.111. The van der Waals surface area contributed by atoms with Crippen LogP contribution in [0.4, 0.5) is 11.4 Å². The van der Waals surface area contributed by atoms with Crippen molar-refractivity contribution in [3.8, 4) is 9.88 Å². The van der Waals surface area contributed by atoms with Gasteiger partial charge in [0.25, 0.3) is 5.91 Å². The summed E-state index contributed by atoms with van der Waals surface area (Å²) in [5.41, 5.74) is 1.21. The second kappa shape index (κ2) is 8.56. The number of rotatable bonds is 6. The number of aromatic nitrogens is 1. The summed E-state index contributed by atoms with van der Waals surface area (Å²) in [6, 6.07) is 10.5. The Morgan fingerprint density at radius 3 is 2.56 bits per heavy atom. The van der Waals surface area contributed by atoms with Crippen molar-refractivity contribution in [1.29, 1.82) is 0 Å². The molecule has 0 radical (unpaired) electrons. The molecule has 0 atom stereocenters. The Morgan fingerprint density at radius 1 is 1.07 bits per heavy atom. The third-order valence-electron chi connectivity index (χ3n) is 3.25. The summed E-state index contributed by atoms with van der Waals surface area (Å²) in [6.45, 7) is 0.960. The zero-order valence-corrected chi connectivity index (χ0v) is 15.9. The molecule has 3 aromatic rings. The monoisotopic (exact) mass is 401 g/mol. The van der Waals surface area contributed by atoms with Crippen LogP contribution in [0.3, 0.4) is 0 Å². The van der Waals surface area contributed by atoms with Crippen molar-refractivity contribution >= 4 is 51.8 Å². The van der Waals surface area contributed by atoms with Crippen molar-refractivity contribution in [2.75, 3.05) is 17.2 Å². The minimum atomic E-state index is -0.656. The van der Waals surface area contributed by atoms with Gasteiger partial charge in [0.1, 0.15) is 5.01 Å². The maximum absolute atomic E-state index is 12.1. The van der Waals surface area contributed by atoms with Crippen molar-refractivity contribution in [3.63, 3.8) is 0 Å². The highest BCUT2D eigenvalue weighted by Crippen LogP contribution is 2.27. The van der Waals surface area contributed by atoms with E-state index >= 15 is 0 Å². The van der Waals surface area contributed by atoms with Crippen LogP contribution < -0.4 is 10.6 Å². The summed E-state index contributed by atoms with van der Waals surface area (Å²) in [5.74, 6) is -1.36. The lowest BCUT2D eigenvalue weighted by atomic mass is 10.2. The molecule has 2 amide bonds. The number of carbonyl (C=O) groups excluding carboxylic acids is 3. The summed E-state index contributed by atoms with van der Waals surface area (Å²) >= 11 is 2.87. The Bertz CT molecular complexity index is 967. The molecule has 2 N–H and O–H groups in total. The standard InChI is InChI=1S/C18H15N3O4S2/c1-11(22)19-12-4-2-5-13(8-12)20-16(23)9-25-18(24)14-10-27-17(21-14)15-6-3-7-26-15/h2-8,10H,9H2,1H3,(H,19,22)(H,20,23). The molecule has 3 rings (SSSR count). The smallest absolute Gasteiger partial charge is 0.358 e. The Kier molecular flexibility index (Phi) is 5.94. The van der Waals surface area contributed by atoms with Gasteiger partial charge in [-0.2, -0.15) is 0 Å². The number of benzene rings is 1. The van der Waals surface area contributed by atoms with E-state index in [1.54, 1.807) is 29.6 Å². The molecule has 7 nitrogen and oxygen atoms in total. The Balaban J connectivity index is 1.53. The average molecular weight is 401 g/mol. The Hall–Kier alpha value is -3.04. The second-order valence-corrected chi connectivity index (χ2v) is 7.21. The average Bonchev–Trinajstić information content (AvgIpc) is 3.30. The molecule has 2 heterocycles. The molecule has 0 saturated heterocycles. The lowest BCUT2D eigenvalue weighted by molar-refractivity contribution is -0.119. The van der Waals surface area contributed by atoms with Gasteiger partial charge in [0.2, 0.25) is 5.91 Å². The largest absolute Gasteiger partial charge is 0.451 e. The molecule has 0 unspecified atom stereocenters. The molecule has 0 aliphatic rings. The highest BCUT2D eigenvalue weighted by molar-refractivity contribution is 7.20. The van der Waals surface area contributed by atoms with E-state index in [0.29, 0.717) is 11.4 Å². The van der Waals surface area contributed by atoms with Crippen molar-refractivity contribution < 1.29 is 19.1 Å². The molecule has 0 spiro atoms. The molecule has 1 aromatic carbocycles. The van der Waals surface area contributed by atoms with Gasteiger partial charge in [-0.25, -0.2) is 9.78 Å². The predicted molar refractivity (Wildman–Crippen MR) is 105 cm³/mol. The number of ether oxygens (including phenoxy) is 1. The van der Waals surface area contributed by atoms with Gasteiger partial charge in [-0.3, -0.25) is 9.59 Å². The molecule has 9 heteroatoms.